The zero-order chi connectivity index (χ0) is 19.0. The first kappa shape index (κ1) is 22.5. The minimum absolute atomic E-state index is 0. The van der Waals surface area contributed by atoms with Crippen molar-refractivity contribution in [3.63, 3.8) is 0 Å². The summed E-state index contributed by atoms with van der Waals surface area (Å²) < 4.78 is 0. The fraction of sp³-hybridized carbons (Fsp3) is 0.280. The van der Waals surface area contributed by atoms with Gasteiger partial charge in [-0.15, -0.1) is 0 Å². The van der Waals surface area contributed by atoms with Crippen molar-refractivity contribution in [2.24, 2.45) is 0 Å². The number of phenols is 1. The molecule has 1 N–H and O–H groups in total. The highest BCUT2D eigenvalue weighted by Gasteiger charge is 2.42. The molecule has 0 saturated carbocycles. The van der Waals surface area contributed by atoms with E-state index < -0.39 is 7.26 Å². The van der Waals surface area contributed by atoms with Crippen LogP contribution in [0.4, 0.5) is 0 Å². The highest BCUT2D eigenvalue weighted by molar-refractivity contribution is 7.88. The minimum atomic E-state index is -1.65. The van der Waals surface area contributed by atoms with Gasteiger partial charge in [0.1, 0.15) is 5.75 Å². The topological polar surface area (TPSA) is 20.2 Å². The van der Waals surface area contributed by atoms with Crippen molar-refractivity contribution in [3.8, 4) is 5.75 Å². The van der Waals surface area contributed by atoms with Crippen LogP contribution < -0.4 is 23.0 Å². The van der Waals surface area contributed by atoms with Crippen LogP contribution in [-0.4, -0.2) is 11.3 Å². The first-order valence-electron chi connectivity index (χ1n) is 10.0. The van der Waals surface area contributed by atoms with Crippen LogP contribution in [0.25, 0.3) is 0 Å². The lowest BCUT2D eigenvalue weighted by molar-refractivity contribution is -0.00000646. The van der Waals surface area contributed by atoms with Gasteiger partial charge in [0, 0.05) is 5.56 Å². The fourth-order valence-corrected chi connectivity index (χ4v) is 8.28. The van der Waals surface area contributed by atoms with Crippen LogP contribution in [-0.2, 0) is 6.16 Å². The molecule has 0 radical (unpaired) electrons. The molecule has 0 aliphatic rings. The van der Waals surface area contributed by atoms with E-state index in [4.69, 9.17) is 0 Å². The second-order valence-electron chi connectivity index (χ2n) is 7.21. The van der Waals surface area contributed by atoms with Crippen molar-refractivity contribution >= 4 is 17.9 Å². The Bertz CT molecular complexity index is 781. The van der Waals surface area contributed by atoms with Gasteiger partial charge in [0.2, 0.25) is 0 Å². The summed E-state index contributed by atoms with van der Waals surface area (Å²) >= 11 is 0. The number of benzene rings is 3. The number of aromatic hydroxyl groups is 1. The maximum absolute atomic E-state index is 10.5. The van der Waals surface area contributed by atoms with E-state index in [1.807, 2.05) is 18.2 Å². The Morgan fingerprint density at radius 2 is 1.21 bits per heavy atom. The van der Waals surface area contributed by atoms with Gasteiger partial charge < -0.3 is 17.5 Å². The Morgan fingerprint density at radius 1 is 0.679 bits per heavy atom. The van der Waals surface area contributed by atoms with Crippen LogP contribution in [0, 0.1) is 0 Å². The van der Waals surface area contributed by atoms with Gasteiger partial charge in [-0.25, -0.2) is 0 Å². The van der Waals surface area contributed by atoms with Gasteiger partial charge in [0.05, 0.1) is 30.2 Å². The fourth-order valence-electron chi connectivity index (χ4n) is 3.84. The molecule has 3 aromatic carbocycles. The van der Waals surface area contributed by atoms with E-state index in [2.05, 4.69) is 73.7 Å². The monoisotopic (exact) mass is 412 g/mol. The summed E-state index contributed by atoms with van der Waals surface area (Å²) in [5.74, 6) is 0.419. The molecule has 0 bridgehead atoms. The molecule has 3 aromatic rings. The summed E-state index contributed by atoms with van der Waals surface area (Å²) in [6.45, 7) is 2.26. The van der Waals surface area contributed by atoms with Crippen LogP contribution >= 0.6 is 7.26 Å². The standard InChI is InChI=1S/C25H29OP.ClH/c1-2-3-4-13-20-27(23-15-7-5-8-16-23,24-17-9-6-10-18-24)21-22-14-11-12-19-25(22)26;/h5-12,14-19H,2-4,13,20-21H2,1H3;1H. The van der Waals surface area contributed by atoms with E-state index in [9.17, 15) is 5.11 Å². The lowest BCUT2D eigenvalue weighted by Gasteiger charge is -2.28. The summed E-state index contributed by atoms with van der Waals surface area (Å²) in [4.78, 5) is 0. The molecule has 0 saturated heterocycles. The molecule has 28 heavy (non-hydrogen) atoms. The van der Waals surface area contributed by atoms with Gasteiger partial charge in [-0.05, 0) is 43.2 Å². The highest BCUT2D eigenvalue weighted by Crippen LogP contribution is 2.60. The smallest absolute Gasteiger partial charge is 0.122 e. The molecule has 0 unspecified atom stereocenters. The first-order chi connectivity index (χ1) is 13.3. The van der Waals surface area contributed by atoms with Gasteiger partial charge in [0.25, 0.3) is 0 Å². The van der Waals surface area contributed by atoms with Crippen LogP contribution in [0.1, 0.15) is 38.2 Å². The molecule has 0 aromatic heterocycles. The summed E-state index contributed by atoms with van der Waals surface area (Å²) in [5.41, 5.74) is 1.06. The summed E-state index contributed by atoms with van der Waals surface area (Å²) in [6.07, 6.45) is 7.16. The molecule has 0 heterocycles. The Kier molecular flexibility index (Phi) is 9.03. The lowest BCUT2D eigenvalue weighted by atomic mass is 10.2. The first-order valence-corrected chi connectivity index (χ1v) is 12.2. The normalized spacial score (nSPS) is 11.0. The highest BCUT2D eigenvalue weighted by atomic mass is 35.5. The molecule has 0 fully saturated rings. The van der Waals surface area contributed by atoms with Crippen molar-refractivity contribution in [2.75, 3.05) is 6.16 Å². The Labute approximate surface area is 176 Å². The largest absolute Gasteiger partial charge is 1.00 e. The number of rotatable bonds is 9. The Balaban J connectivity index is 0.00000280. The third-order valence-corrected chi connectivity index (χ3v) is 9.86. The van der Waals surface area contributed by atoms with Crippen LogP contribution in [0.2, 0.25) is 0 Å². The molecule has 0 aliphatic heterocycles. The molecular formula is C25H30ClOP. The van der Waals surface area contributed by atoms with E-state index in [1.165, 1.54) is 42.5 Å². The molecule has 0 spiro atoms. The van der Waals surface area contributed by atoms with E-state index in [-0.39, 0.29) is 12.4 Å². The molecule has 3 heteroatoms. The SMILES string of the molecule is CCCCCC[P+](Cc1ccccc1O)(c1ccccc1)c1ccccc1.[Cl-]. The van der Waals surface area contributed by atoms with Gasteiger partial charge >= 0.3 is 0 Å². The number of para-hydroxylation sites is 1. The number of hydrogen-bond donors (Lipinski definition) is 1. The predicted octanol–water partition coefficient (Wildman–Crippen LogP) is 3.15. The van der Waals surface area contributed by atoms with Crippen molar-refractivity contribution in [2.45, 2.75) is 38.8 Å². The second-order valence-corrected chi connectivity index (χ2v) is 10.9. The Hall–Kier alpha value is -1.82. The van der Waals surface area contributed by atoms with E-state index in [1.54, 1.807) is 0 Å². The predicted molar refractivity (Wildman–Crippen MR) is 120 cm³/mol. The van der Waals surface area contributed by atoms with Crippen molar-refractivity contribution in [3.05, 3.63) is 90.5 Å². The van der Waals surface area contributed by atoms with Gasteiger partial charge in [0.15, 0.2) is 0 Å². The molecule has 0 atom stereocenters. The van der Waals surface area contributed by atoms with Gasteiger partial charge in [-0.1, -0.05) is 74.4 Å². The Morgan fingerprint density at radius 3 is 1.75 bits per heavy atom. The van der Waals surface area contributed by atoms with Crippen molar-refractivity contribution in [1.29, 1.82) is 0 Å². The van der Waals surface area contributed by atoms with E-state index in [0.29, 0.717) is 5.75 Å². The van der Waals surface area contributed by atoms with E-state index in [0.717, 1.165) is 11.7 Å². The average Bonchev–Trinajstić information content (AvgIpc) is 2.73. The summed E-state index contributed by atoms with van der Waals surface area (Å²) in [7, 11) is -1.65. The summed E-state index contributed by atoms with van der Waals surface area (Å²) in [5, 5.41) is 13.4. The molecule has 3 rings (SSSR count). The van der Waals surface area contributed by atoms with Crippen molar-refractivity contribution < 1.29 is 17.5 Å². The molecular weight excluding hydrogens is 383 g/mol. The minimum Gasteiger partial charge on any atom is -1.00 e. The van der Waals surface area contributed by atoms with E-state index >= 15 is 0 Å². The molecule has 1 nitrogen and oxygen atoms in total. The molecule has 0 aliphatic carbocycles. The zero-order valence-corrected chi connectivity index (χ0v) is 18.2. The van der Waals surface area contributed by atoms with Crippen molar-refractivity contribution in [1.82, 2.24) is 0 Å². The maximum atomic E-state index is 10.5. The molecule has 0 amide bonds. The number of halogens is 1. The summed E-state index contributed by atoms with van der Waals surface area (Å²) in [6, 6.07) is 29.8. The third kappa shape index (κ3) is 5.37. The zero-order valence-electron chi connectivity index (χ0n) is 16.6. The quantitative estimate of drug-likeness (QED) is 0.423. The van der Waals surface area contributed by atoms with Gasteiger partial charge in [-0.3, -0.25) is 0 Å². The van der Waals surface area contributed by atoms with Crippen LogP contribution in [0.3, 0.4) is 0 Å². The van der Waals surface area contributed by atoms with Crippen LogP contribution in [0.5, 0.6) is 5.75 Å². The molecule has 148 valence electrons. The average molecular weight is 413 g/mol. The number of phenolic OH excluding ortho intramolecular Hbond substituents is 1. The van der Waals surface area contributed by atoms with Gasteiger partial charge in [-0.2, -0.15) is 0 Å². The second kappa shape index (κ2) is 11.2. The maximum Gasteiger partial charge on any atom is 0.122 e. The number of hydrogen-bond acceptors (Lipinski definition) is 1. The third-order valence-electron chi connectivity index (χ3n) is 5.33. The lowest BCUT2D eigenvalue weighted by Crippen LogP contribution is -3.00. The van der Waals surface area contributed by atoms with Crippen LogP contribution in [0.15, 0.2) is 84.9 Å². The number of unbranched alkanes of at least 4 members (excludes halogenated alkanes) is 3.